The number of halogens is 4. The highest BCUT2D eigenvalue weighted by atomic mass is 35.5. The molecule has 0 fully saturated rings. The minimum Gasteiger partial charge on any atom is -0.373 e. The predicted molar refractivity (Wildman–Crippen MR) is 86.3 cm³/mol. The molecular weight excluding hydrogens is 391 g/mol. The predicted octanol–water partition coefficient (Wildman–Crippen LogP) is 3.11. The monoisotopic (exact) mass is 405 g/mol. The summed E-state index contributed by atoms with van der Waals surface area (Å²) >= 11 is 6.99. The molecular formula is C13H15ClF3NO4S2. The number of aliphatic hydroxyl groups is 1. The zero-order chi connectivity index (χ0) is 18.9. The second-order valence-corrected chi connectivity index (χ2v) is 8.33. The Morgan fingerprint density at radius 1 is 1.38 bits per heavy atom. The van der Waals surface area contributed by atoms with Crippen molar-refractivity contribution in [2.75, 3.05) is 17.3 Å². The Hall–Kier alpha value is -0.970. The van der Waals surface area contributed by atoms with Crippen LogP contribution in [0.15, 0.2) is 21.9 Å². The molecule has 1 aromatic carbocycles. The number of nitrogens with one attached hydrogen (secondary N) is 1. The second kappa shape index (κ2) is 7.11. The fourth-order valence-electron chi connectivity index (χ4n) is 1.60. The topological polar surface area (TPSA) is 83.5 Å². The van der Waals surface area contributed by atoms with Crippen LogP contribution in [0, 0.1) is 0 Å². The van der Waals surface area contributed by atoms with Crippen LogP contribution < -0.4 is 5.32 Å². The van der Waals surface area contributed by atoms with Gasteiger partial charge in [-0.1, -0.05) is 18.5 Å². The van der Waals surface area contributed by atoms with E-state index in [1.54, 1.807) is 0 Å². The maximum atomic E-state index is 12.7. The molecule has 0 saturated carbocycles. The molecule has 2 N–H and O–H groups in total. The third-order valence-corrected chi connectivity index (χ3v) is 6.46. The molecule has 5 nitrogen and oxygen atoms in total. The lowest BCUT2D eigenvalue weighted by atomic mass is 10.1. The van der Waals surface area contributed by atoms with E-state index in [0.717, 1.165) is 23.9 Å². The number of carbonyl (C=O) groups excluding carboxylic acids is 1. The molecule has 1 aromatic rings. The standard InChI is InChI=1S/C13H15ClF3NO4S2/c1-4-24(21,22)8-6-5-7(9(14)10(8)23-3)18-11(19)12(2,20)13(15,16)17/h5-6,20H,4H2,1-3H3,(H,18,19). The first kappa shape index (κ1) is 21.1. The molecule has 1 unspecified atom stereocenters. The number of sulfone groups is 1. The van der Waals surface area contributed by atoms with Crippen LogP contribution in [0.3, 0.4) is 0 Å². The normalized spacial score (nSPS) is 15.0. The first-order chi connectivity index (χ1) is 10.8. The molecule has 0 radical (unpaired) electrons. The number of hydrogen-bond donors (Lipinski definition) is 2. The van der Waals surface area contributed by atoms with E-state index < -0.39 is 27.5 Å². The van der Waals surface area contributed by atoms with Gasteiger partial charge in [0.15, 0.2) is 9.84 Å². The van der Waals surface area contributed by atoms with Gasteiger partial charge < -0.3 is 10.4 Å². The average Bonchev–Trinajstić information content (AvgIpc) is 2.47. The van der Waals surface area contributed by atoms with Gasteiger partial charge in [0.25, 0.3) is 5.91 Å². The lowest BCUT2D eigenvalue weighted by molar-refractivity contribution is -0.242. The van der Waals surface area contributed by atoms with E-state index in [-0.39, 0.29) is 26.3 Å². The van der Waals surface area contributed by atoms with E-state index in [9.17, 15) is 31.5 Å². The first-order valence-corrected chi connectivity index (χ1v) is 9.74. The highest BCUT2D eigenvalue weighted by Gasteiger charge is 2.55. The zero-order valence-electron chi connectivity index (χ0n) is 12.9. The van der Waals surface area contributed by atoms with E-state index >= 15 is 0 Å². The number of benzene rings is 1. The molecule has 24 heavy (non-hydrogen) atoms. The number of hydrogen-bond acceptors (Lipinski definition) is 5. The summed E-state index contributed by atoms with van der Waals surface area (Å²) in [6.07, 6.45) is -3.65. The van der Waals surface area contributed by atoms with E-state index in [1.807, 2.05) is 5.32 Å². The largest absolute Gasteiger partial charge is 0.426 e. The molecule has 1 rings (SSSR count). The molecule has 0 spiro atoms. The molecule has 11 heteroatoms. The summed E-state index contributed by atoms with van der Waals surface area (Å²) in [5, 5.41) is 11.0. The van der Waals surface area contributed by atoms with Crippen LogP contribution >= 0.6 is 23.4 Å². The molecule has 0 heterocycles. The van der Waals surface area contributed by atoms with Crippen LogP contribution in [0.2, 0.25) is 5.02 Å². The van der Waals surface area contributed by atoms with Crippen molar-refractivity contribution in [1.82, 2.24) is 0 Å². The Labute approximate surface area is 146 Å². The average molecular weight is 406 g/mol. The summed E-state index contributed by atoms with van der Waals surface area (Å²) < 4.78 is 62.0. The maximum Gasteiger partial charge on any atom is 0.426 e. The Kier molecular flexibility index (Phi) is 6.24. The Balaban J connectivity index is 3.33. The van der Waals surface area contributed by atoms with Gasteiger partial charge in [-0.15, -0.1) is 11.8 Å². The fraction of sp³-hybridized carbons (Fsp3) is 0.462. The fourth-order valence-corrected chi connectivity index (χ4v) is 4.26. The number of alkyl halides is 3. The highest BCUT2D eigenvalue weighted by Crippen LogP contribution is 2.39. The molecule has 0 aliphatic carbocycles. The number of anilines is 1. The van der Waals surface area contributed by atoms with Crippen LogP contribution in [0.4, 0.5) is 18.9 Å². The van der Waals surface area contributed by atoms with Gasteiger partial charge in [0.05, 0.1) is 21.4 Å². The van der Waals surface area contributed by atoms with Gasteiger partial charge in [0, 0.05) is 4.90 Å². The minimum absolute atomic E-state index is 0.0805. The van der Waals surface area contributed by atoms with Crippen molar-refractivity contribution < 1.29 is 31.5 Å². The summed E-state index contributed by atoms with van der Waals surface area (Å²) in [5.41, 5.74) is -3.85. The van der Waals surface area contributed by atoms with Crippen molar-refractivity contribution in [1.29, 1.82) is 0 Å². The number of thioether (sulfide) groups is 1. The van der Waals surface area contributed by atoms with Gasteiger partial charge in [-0.2, -0.15) is 13.2 Å². The Morgan fingerprint density at radius 3 is 2.33 bits per heavy atom. The highest BCUT2D eigenvalue weighted by molar-refractivity contribution is 7.99. The molecule has 1 atom stereocenters. The van der Waals surface area contributed by atoms with E-state index in [1.165, 1.54) is 13.2 Å². The summed E-state index contributed by atoms with van der Waals surface area (Å²) in [6, 6.07) is 2.23. The maximum absolute atomic E-state index is 12.7. The van der Waals surface area contributed by atoms with Gasteiger partial charge in [-0.3, -0.25) is 4.79 Å². The molecule has 1 amide bonds. The number of carbonyl (C=O) groups is 1. The minimum atomic E-state index is -5.18. The Bertz CT molecular complexity index is 748. The number of rotatable bonds is 5. The SMILES string of the molecule is CCS(=O)(=O)c1ccc(NC(=O)C(C)(O)C(F)(F)F)c(Cl)c1SC. The van der Waals surface area contributed by atoms with Gasteiger partial charge in [-0.25, -0.2) is 8.42 Å². The van der Waals surface area contributed by atoms with E-state index in [0.29, 0.717) is 6.92 Å². The smallest absolute Gasteiger partial charge is 0.373 e. The van der Waals surface area contributed by atoms with Crippen molar-refractivity contribution in [2.24, 2.45) is 0 Å². The number of amides is 1. The van der Waals surface area contributed by atoms with Crippen LogP contribution in [-0.4, -0.2) is 43.2 Å². The van der Waals surface area contributed by atoms with Crippen molar-refractivity contribution in [3.63, 3.8) is 0 Å². The van der Waals surface area contributed by atoms with Gasteiger partial charge >= 0.3 is 6.18 Å². The zero-order valence-corrected chi connectivity index (χ0v) is 15.3. The van der Waals surface area contributed by atoms with Crippen molar-refractivity contribution in [2.45, 2.75) is 35.4 Å². The summed E-state index contributed by atoms with van der Waals surface area (Å²) in [6.45, 7) is 1.74. The second-order valence-electron chi connectivity index (χ2n) is 4.89. The molecule has 0 saturated heterocycles. The molecule has 0 bridgehead atoms. The van der Waals surface area contributed by atoms with Crippen LogP contribution in [-0.2, 0) is 14.6 Å². The summed E-state index contributed by atoms with van der Waals surface area (Å²) in [5.74, 6) is -1.92. The third-order valence-electron chi connectivity index (χ3n) is 3.22. The third kappa shape index (κ3) is 3.98. The van der Waals surface area contributed by atoms with Gasteiger partial charge in [0.2, 0.25) is 5.60 Å². The van der Waals surface area contributed by atoms with Gasteiger partial charge in [-0.05, 0) is 25.3 Å². The van der Waals surface area contributed by atoms with Crippen molar-refractivity contribution in [3.05, 3.63) is 17.2 Å². The lowest BCUT2D eigenvalue weighted by Crippen LogP contribution is -2.52. The van der Waals surface area contributed by atoms with Crippen LogP contribution in [0.1, 0.15) is 13.8 Å². The molecule has 136 valence electrons. The Morgan fingerprint density at radius 2 is 1.92 bits per heavy atom. The lowest BCUT2D eigenvalue weighted by Gasteiger charge is -2.25. The quantitative estimate of drug-likeness (QED) is 0.735. The summed E-state index contributed by atoms with van der Waals surface area (Å²) in [7, 11) is -3.61. The molecule has 0 aliphatic heterocycles. The van der Waals surface area contributed by atoms with Crippen molar-refractivity contribution >= 4 is 44.8 Å². The van der Waals surface area contributed by atoms with E-state index in [2.05, 4.69) is 0 Å². The van der Waals surface area contributed by atoms with Crippen LogP contribution in [0.5, 0.6) is 0 Å². The van der Waals surface area contributed by atoms with E-state index in [4.69, 9.17) is 11.6 Å². The summed E-state index contributed by atoms with van der Waals surface area (Å²) in [4.78, 5) is 11.7. The first-order valence-electron chi connectivity index (χ1n) is 6.49. The van der Waals surface area contributed by atoms with Crippen LogP contribution in [0.25, 0.3) is 0 Å². The molecule has 0 aromatic heterocycles. The van der Waals surface area contributed by atoms with Gasteiger partial charge in [0.1, 0.15) is 0 Å². The van der Waals surface area contributed by atoms with Crippen molar-refractivity contribution in [3.8, 4) is 0 Å². The molecule has 0 aliphatic rings.